The van der Waals surface area contributed by atoms with Crippen molar-refractivity contribution in [3.05, 3.63) is 59.7 Å². The lowest BCUT2D eigenvalue weighted by molar-refractivity contribution is 0.0941. The van der Waals surface area contributed by atoms with E-state index in [9.17, 15) is 9.18 Å². The first kappa shape index (κ1) is 14.2. The van der Waals surface area contributed by atoms with Gasteiger partial charge in [-0.15, -0.1) is 0 Å². The van der Waals surface area contributed by atoms with Crippen molar-refractivity contribution in [3.8, 4) is 0 Å². The van der Waals surface area contributed by atoms with Crippen molar-refractivity contribution < 1.29 is 19.2 Å². The van der Waals surface area contributed by atoms with Crippen molar-refractivity contribution in [1.82, 2.24) is 10.3 Å². The highest BCUT2D eigenvalue weighted by atomic mass is 19.1. The molecule has 7 heteroatoms. The summed E-state index contributed by atoms with van der Waals surface area (Å²) in [6.45, 7) is 0.191. The Balaban J connectivity index is 1.98. The van der Waals surface area contributed by atoms with Crippen molar-refractivity contribution in [3.63, 3.8) is 0 Å². The molecule has 0 saturated carbocycles. The average molecular weight is 274 g/mol. The van der Waals surface area contributed by atoms with Crippen LogP contribution in [0.25, 0.3) is 0 Å². The van der Waals surface area contributed by atoms with Crippen LogP contribution >= 0.6 is 0 Å². The van der Waals surface area contributed by atoms with Crippen LogP contribution in [0, 0.1) is 5.82 Å². The third kappa shape index (κ3) is 3.40. The van der Waals surface area contributed by atoms with Crippen LogP contribution < -0.4 is 10.8 Å². The van der Waals surface area contributed by atoms with Crippen molar-refractivity contribution in [2.75, 3.05) is 0 Å². The summed E-state index contributed by atoms with van der Waals surface area (Å²) in [4.78, 5) is 15.4. The lowest BCUT2D eigenvalue weighted by atomic mass is 9.80. The standard InChI is InChI=1S/C13H12BFN2O3/c15-11-2-1-7-16-12(11)13(18)17-8-9-3-5-10(6-4-9)14(19)20/h1-7,19-20H,8H2,(H,17,18). The monoisotopic (exact) mass is 274 g/mol. The summed E-state index contributed by atoms with van der Waals surface area (Å²) in [6.07, 6.45) is 1.34. The zero-order valence-corrected chi connectivity index (χ0v) is 10.5. The summed E-state index contributed by atoms with van der Waals surface area (Å²) in [5.74, 6) is -1.28. The van der Waals surface area contributed by atoms with Crippen LogP contribution in [0.1, 0.15) is 16.1 Å². The van der Waals surface area contributed by atoms with Crippen LogP contribution in [0.5, 0.6) is 0 Å². The number of pyridine rings is 1. The molecule has 0 radical (unpaired) electrons. The molecule has 0 saturated heterocycles. The van der Waals surface area contributed by atoms with Gasteiger partial charge in [-0.25, -0.2) is 9.37 Å². The van der Waals surface area contributed by atoms with E-state index < -0.39 is 18.8 Å². The topological polar surface area (TPSA) is 82.5 Å². The van der Waals surface area contributed by atoms with E-state index in [1.807, 2.05) is 0 Å². The highest BCUT2D eigenvalue weighted by molar-refractivity contribution is 6.58. The van der Waals surface area contributed by atoms with Crippen LogP contribution in [0.4, 0.5) is 4.39 Å². The highest BCUT2D eigenvalue weighted by Crippen LogP contribution is 2.03. The molecule has 0 bridgehead atoms. The number of nitrogens with zero attached hydrogens (tertiary/aromatic N) is 1. The molecule has 2 aromatic rings. The predicted molar refractivity (Wildman–Crippen MR) is 71.6 cm³/mol. The fourth-order valence-electron chi connectivity index (χ4n) is 1.63. The number of carbonyl (C=O) groups is 1. The molecule has 102 valence electrons. The van der Waals surface area contributed by atoms with E-state index in [4.69, 9.17) is 10.0 Å². The zero-order valence-electron chi connectivity index (χ0n) is 10.5. The van der Waals surface area contributed by atoms with Gasteiger partial charge in [0.2, 0.25) is 0 Å². The summed E-state index contributed by atoms with van der Waals surface area (Å²) in [6, 6.07) is 8.93. The molecule has 0 aliphatic carbocycles. The minimum absolute atomic E-state index is 0.191. The number of benzene rings is 1. The summed E-state index contributed by atoms with van der Waals surface area (Å²) in [7, 11) is -1.53. The Hall–Kier alpha value is -2.25. The number of nitrogens with one attached hydrogen (secondary N) is 1. The smallest absolute Gasteiger partial charge is 0.423 e. The first-order valence-corrected chi connectivity index (χ1v) is 5.91. The number of hydrogen-bond acceptors (Lipinski definition) is 4. The molecule has 1 amide bonds. The van der Waals surface area contributed by atoms with E-state index >= 15 is 0 Å². The lowest BCUT2D eigenvalue weighted by Crippen LogP contribution is -2.30. The molecular weight excluding hydrogens is 262 g/mol. The first-order chi connectivity index (χ1) is 9.58. The maximum Gasteiger partial charge on any atom is 0.488 e. The second-order valence-corrected chi connectivity index (χ2v) is 4.13. The second kappa shape index (κ2) is 6.27. The molecule has 5 nitrogen and oxygen atoms in total. The van der Waals surface area contributed by atoms with E-state index in [2.05, 4.69) is 10.3 Å². The maximum absolute atomic E-state index is 13.3. The van der Waals surface area contributed by atoms with Gasteiger partial charge < -0.3 is 15.4 Å². The van der Waals surface area contributed by atoms with Crippen LogP contribution in [-0.2, 0) is 6.54 Å². The highest BCUT2D eigenvalue weighted by Gasteiger charge is 2.13. The van der Waals surface area contributed by atoms with Gasteiger partial charge in [0.05, 0.1) is 0 Å². The molecule has 0 spiro atoms. The minimum atomic E-state index is -1.53. The molecule has 0 aliphatic heterocycles. The van der Waals surface area contributed by atoms with Crippen molar-refractivity contribution in [2.24, 2.45) is 0 Å². The van der Waals surface area contributed by atoms with Crippen LogP contribution in [-0.4, -0.2) is 28.1 Å². The van der Waals surface area contributed by atoms with E-state index in [1.165, 1.54) is 30.5 Å². The second-order valence-electron chi connectivity index (χ2n) is 4.13. The molecule has 1 aromatic carbocycles. The molecule has 3 N–H and O–H groups in total. The third-order valence-electron chi connectivity index (χ3n) is 2.70. The number of aromatic nitrogens is 1. The van der Waals surface area contributed by atoms with Gasteiger partial charge >= 0.3 is 7.12 Å². The summed E-state index contributed by atoms with van der Waals surface area (Å²) in [5.41, 5.74) is 0.852. The van der Waals surface area contributed by atoms with Gasteiger partial charge in [-0.1, -0.05) is 24.3 Å². The van der Waals surface area contributed by atoms with Gasteiger partial charge in [0.25, 0.3) is 5.91 Å². The van der Waals surface area contributed by atoms with Gasteiger partial charge in [-0.2, -0.15) is 0 Å². The van der Waals surface area contributed by atoms with Crippen molar-refractivity contribution in [2.45, 2.75) is 6.54 Å². The Morgan fingerprint density at radius 2 is 1.95 bits per heavy atom. The number of rotatable bonds is 4. The number of halogens is 1. The quantitative estimate of drug-likeness (QED) is 0.676. The fraction of sp³-hybridized carbons (Fsp3) is 0.0769. The Labute approximate surface area is 115 Å². The van der Waals surface area contributed by atoms with Crippen LogP contribution in [0.2, 0.25) is 0 Å². The van der Waals surface area contributed by atoms with Gasteiger partial charge in [0.1, 0.15) is 0 Å². The molecule has 2 rings (SSSR count). The van der Waals surface area contributed by atoms with Gasteiger partial charge in [0, 0.05) is 12.7 Å². The largest absolute Gasteiger partial charge is 0.488 e. The Bertz CT molecular complexity index is 605. The summed E-state index contributed by atoms with van der Waals surface area (Å²) in [5, 5.41) is 20.4. The molecule has 20 heavy (non-hydrogen) atoms. The normalized spacial score (nSPS) is 10.2. The number of hydrogen-bond donors (Lipinski definition) is 3. The molecule has 0 unspecified atom stereocenters. The van der Waals surface area contributed by atoms with E-state index in [0.29, 0.717) is 5.46 Å². The van der Waals surface area contributed by atoms with E-state index in [0.717, 1.165) is 5.56 Å². The first-order valence-electron chi connectivity index (χ1n) is 5.91. The van der Waals surface area contributed by atoms with E-state index in [1.54, 1.807) is 12.1 Å². The Kier molecular flexibility index (Phi) is 4.44. The molecular formula is C13H12BFN2O3. The fourth-order valence-corrected chi connectivity index (χ4v) is 1.63. The predicted octanol–water partition coefficient (Wildman–Crippen LogP) is -0.170. The average Bonchev–Trinajstić information content (AvgIpc) is 2.45. The lowest BCUT2D eigenvalue weighted by Gasteiger charge is -2.06. The van der Waals surface area contributed by atoms with Crippen LogP contribution in [0.3, 0.4) is 0 Å². The molecule has 0 fully saturated rings. The van der Waals surface area contributed by atoms with Crippen molar-refractivity contribution >= 4 is 18.5 Å². The van der Waals surface area contributed by atoms with Gasteiger partial charge in [-0.3, -0.25) is 4.79 Å². The minimum Gasteiger partial charge on any atom is -0.423 e. The Morgan fingerprint density at radius 3 is 2.55 bits per heavy atom. The summed E-state index contributed by atoms with van der Waals surface area (Å²) >= 11 is 0. The summed E-state index contributed by atoms with van der Waals surface area (Å²) < 4.78 is 13.3. The maximum atomic E-state index is 13.3. The molecule has 1 heterocycles. The van der Waals surface area contributed by atoms with E-state index in [-0.39, 0.29) is 12.2 Å². The van der Waals surface area contributed by atoms with Crippen molar-refractivity contribution in [1.29, 1.82) is 0 Å². The molecule has 0 atom stereocenters. The van der Waals surface area contributed by atoms with Gasteiger partial charge in [-0.05, 0) is 23.2 Å². The molecule has 0 aliphatic rings. The SMILES string of the molecule is O=C(NCc1ccc(B(O)O)cc1)c1ncccc1F. The number of carbonyl (C=O) groups excluding carboxylic acids is 1. The van der Waals surface area contributed by atoms with Crippen LogP contribution in [0.15, 0.2) is 42.6 Å². The number of amides is 1. The Morgan fingerprint density at radius 1 is 1.25 bits per heavy atom. The van der Waals surface area contributed by atoms with Gasteiger partial charge in [0.15, 0.2) is 11.5 Å². The third-order valence-corrected chi connectivity index (χ3v) is 2.70. The zero-order chi connectivity index (χ0) is 14.5. The molecule has 1 aromatic heterocycles.